The Hall–Kier alpha value is -1.71. The second-order valence-electron chi connectivity index (χ2n) is 4.56. The number of hydrogen-bond donors (Lipinski definition) is 2. The average Bonchev–Trinajstić information content (AvgIpc) is 2.40. The van der Waals surface area contributed by atoms with Crippen LogP contribution >= 0.6 is 11.6 Å². The van der Waals surface area contributed by atoms with Gasteiger partial charge >= 0.3 is 0 Å². The molecular formula is C12H16ClN3O5S. The van der Waals surface area contributed by atoms with Gasteiger partial charge in [-0.05, 0) is 32.4 Å². The Labute approximate surface area is 133 Å². The first-order chi connectivity index (χ1) is 10.1. The predicted octanol–water partition coefficient (Wildman–Crippen LogP) is 1.36. The van der Waals surface area contributed by atoms with Gasteiger partial charge in [0.2, 0.25) is 15.9 Å². The van der Waals surface area contributed by atoms with Gasteiger partial charge in [-0.15, -0.1) is 0 Å². The van der Waals surface area contributed by atoms with Gasteiger partial charge in [0, 0.05) is 12.6 Å². The lowest BCUT2D eigenvalue weighted by atomic mass is 10.2. The van der Waals surface area contributed by atoms with Crippen LogP contribution < -0.4 is 10.0 Å². The smallest absolute Gasteiger partial charge is 0.288 e. The zero-order valence-corrected chi connectivity index (χ0v) is 13.8. The summed E-state index contributed by atoms with van der Waals surface area (Å²) in [5.74, 6) is -0.475. The number of carbonyl (C=O) groups excluding carboxylic acids is 1. The molecule has 2 N–H and O–H groups in total. The fourth-order valence-electron chi connectivity index (χ4n) is 1.75. The van der Waals surface area contributed by atoms with E-state index in [4.69, 9.17) is 11.6 Å². The van der Waals surface area contributed by atoms with Crippen molar-refractivity contribution in [3.8, 4) is 0 Å². The van der Waals surface area contributed by atoms with Gasteiger partial charge in [0.15, 0.2) is 0 Å². The highest BCUT2D eigenvalue weighted by Gasteiger charge is 2.26. The van der Waals surface area contributed by atoms with Crippen LogP contribution in [0.1, 0.15) is 19.4 Å². The SMILES string of the molecule is CCNC(=O)C(C)NS(=O)(=O)c1cc(Cl)c([N+](=O)[O-])cc1C. The van der Waals surface area contributed by atoms with E-state index in [1.165, 1.54) is 13.8 Å². The molecule has 0 fully saturated rings. The zero-order chi connectivity index (χ0) is 17.1. The van der Waals surface area contributed by atoms with Gasteiger partial charge in [0.25, 0.3) is 5.69 Å². The first kappa shape index (κ1) is 18.3. The minimum atomic E-state index is -4.04. The van der Waals surface area contributed by atoms with Crippen LogP contribution in [0.4, 0.5) is 5.69 Å². The van der Waals surface area contributed by atoms with Crippen molar-refractivity contribution in [3.63, 3.8) is 0 Å². The van der Waals surface area contributed by atoms with Crippen LogP contribution in [0.15, 0.2) is 17.0 Å². The van der Waals surface area contributed by atoms with E-state index in [0.717, 1.165) is 12.1 Å². The molecule has 1 amide bonds. The molecule has 0 spiro atoms. The fraction of sp³-hybridized carbons (Fsp3) is 0.417. The lowest BCUT2D eigenvalue weighted by Crippen LogP contribution is -2.44. The molecule has 22 heavy (non-hydrogen) atoms. The van der Waals surface area contributed by atoms with Gasteiger partial charge in [-0.3, -0.25) is 14.9 Å². The Morgan fingerprint density at radius 3 is 2.55 bits per heavy atom. The van der Waals surface area contributed by atoms with Crippen molar-refractivity contribution in [2.75, 3.05) is 6.54 Å². The third kappa shape index (κ3) is 4.15. The van der Waals surface area contributed by atoms with Crippen LogP contribution in [0.3, 0.4) is 0 Å². The van der Waals surface area contributed by atoms with Crippen molar-refractivity contribution in [2.24, 2.45) is 0 Å². The second-order valence-corrected chi connectivity index (χ2v) is 6.65. The average molecular weight is 350 g/mol. The van der Waals surface area contributed by atoms with Crippen LogP contribution in [-0.4, -0.2) is 31.8 Å². The van der Waals surface area contributed by atoms with E-state index in [2.05, 4.69) is 10.0 Å². The number of nitrogens with zero attached hydrogens (tertiary/aromatic N) is 1. The number of halogens is 1. The largest absolute Gasteiger partial charge is 0.355 e. The third-order valence-corrected chi connectivity index (χ3v) is 4.79. The van der Waals surface area contributed by atoms with E-state index in [1.807, 2.05) is 0 Å². The minimum Gasteiger partial charge on any atom is -0.355 e. The lowest BCUT2D eigenvalue weighted by Gasteiger charge is -2.15. The van der Waals surface area contributed by atoms with Crippen molar-refractivity contribution in [1.82, 2.24) is 10.0 Å². The Morgan fingerprint density at radius 1 is 1.45 bits per heavy atom. The summed E-state index contributed by atoms with van der Waals surface area (Å²) in [6, 6.07) is 1.09. The van der Waals surface area contributed by atoms with Crippen molar-refractivity contribution >= 4 is 33.2 Å². The van der Waals surface area contributed by atoms with Crippen molar-refractivity contribution < 1.29 is 18.1 Å². The van der Waals surface area contributed by atoms with Crippen molar-refractivity contribution in [3.05, 3.63) is 32.8 Å². The van der Waals surface area contributed by atoms with Crippen LogP contribution in [-0.2, 0) is 14.8 Å². The number of aryl methyl sites for hydroxylation is 1. The maximum atomic E-state index is 12.3. The maximum absolute atomic E-state index is 12.3. The topological polar surface area (TPSA) is 118 Å². The molecule has 0 aliphatic heterocycles. The van der Waals surface area contributed by atoms with E-state index in [0.29, 0.717) is 6.54 Å². The number of rotatable bonds is 6. The molecule has 122 valence electrons. The highest BCUT2D eigenvalue weighted by atomic mass is 35.5. The molecule has 0 aliphatic rings. The summed E-state index contributed by atoms with van der Waals surface area (Å²) in [4.78, 5) is 21.5. The van der Waals surface area contributed by atoms with Gasteiger partial charge in [-0.2, -0.15) is 4.72 Å². The molecule has 0 saturated heterocycles. The molecule has 0 saturated carbocycles. The van der Waals surface area contributed by atoms with Gasteiger partial charge in [-0.25, -0.2) is 8.42 Å². The fourth-order valence-corrected chi connectivity index (χ4v) is 3.51. The second kappa shape index (κ2) is 7.03. The van der Waals surface area contributed by atoms with Crippen LogP contribution in [0.25, 0.3) is 0 Å². The molecule has 1 aromatic carbocycles. The molecule has 0 aromatic heterocycles. The Morgan fingerprint density at radius 2 is 2.05 bits per heavy atom. The van der Waals surface area contributed by atoms with Gasteiger partial charge < -0.3 is 5.32 Å². The van der Waals surface area contributed by atoms with Gasteiger partial charge in [-0.1, -0.05) is 11.6 Å². The van der Waals surface area contributed by atoms with E-state index in [1.54, 1.807) is 6.92 Å². The van der Waals surface area contributed by atoms with Gasteiger partial charge in [0.1, 0.15) is 5.02 Å². The molecule has 1 aromatic rings. The highest BCUT2D eigenvalue weighted by Crippen LogP contribution is 2.30. The maximum Gasteiger partial charge on any atom is 0.288 e. The Bertz CT molecular complexity index is 705. The third-order valence-electron chi connectivity index (χ3n) is 2.81. The van der Waals surface area contributed by atoms with Crippen LogP contribution in [0.2, 0.25) is 5.02 Å². The summed E-state index contributed by atoms with van der Waals surface area (Å²) < 4.78 is 26.8. The van der Waals surface area contributed by atoms with Crippen LogP contribution in [0.5, 0.6) is 0 Å². The molecule has 0 radical (unpaired) electrons. The quantitative estimate of drug-likeness (QED) is 0.593. The number of amides is 1. The van der Waals surface area contributed by atoms with E-state index in [-0.39, 0.29) is 21.2 Å². The predicted molar refractivity (Wildman–Crippen MR) is 81.3 cm³/mol. The van der Waals surface area contributed by atoms with Crippen molar-refractivity contribution in [1.29, 1.82) is 0 Å². The number of sulfonamides is 1. The lowest BCUT2D eigenvalue weighted by molar-refractivity contribution is -0.384. The number of hydrogen-bond acceptors (Lipinski definition) is 5. The Kier molecular flexibility index (Phi) is 5.86. The Balaban J connectivity index is 3.16. The number of likely N-dealkylation sites (N-methyl/N-ethyl adjacent to an activating group) is 1. The molecular weight excluding hydrogens is 334 g/mol. The molecule has 8 nitrogen and oxygen atoms in total. The first-order valence-electron chi connectivity index (χ1n) is 6.34. The summed E-state index contributed by atoms with van der Waals surface area (Å²) >= 11 is 5.74. The molecule has 0 heterocycles. The summed E-state index contributed by atoms with van der Waals surface area (Å²) in [6.07, 6.45) is 0. The first-order valence-corrected chi connectivity index (χ1v) is 8.20. The zero-order valence-electron chi connectivity index (χ0n) is 12.2. The minimum absolute atomic E-state index is 0.159. The molecule has 0 aliphatic carbocycles. The van der Waals surface area contributed by atoms with Gasteiger partial charge in [0.05, 0.1) is 15.9 Å². The van der Waals surface area contributed by atoms with E-state index < -0.39 is 26.9 Å². The van der Waals surface area contributed by atoms with Crippen LogP contribution in [0, 0.1) is 17.0 Å². The number of carbonyl (C=O) groups is 1. The van der Waals surface area contributed by atoms with Crippen molar-refractivity contribution in [2.45, 2.75) is 31.7 Å². The molecule has 10 heteroatoms. The summed E-state index contributed by atoms with van der Waals surface area (Å²) in [6.45, 7) is 4.88. The summed E-state index contributed by atoms with van der Waals surface area (Å²) in [7, 11) is -4.04. The summed E-state index contributed by atoms with van der Waals surface area (Å²) in [5, 5.41) is 13.0. The highest BCUT2D eigenvalue weighted by molar-refractivity contribution is 7.89. The molecule has 0 bridgehead atoms. The number of benzene rings is 1. The molecule has 1 unspecified atom stereocenters. The normalized spacial score (nSPS) is 12.7. The number of nitro groups is 1. The molecule has 1 atom stereocenters. The number of nitro benzene ring substituents is 1. The summed E-state index contributed by atoms with van der Waals surface area (Å²) in [5.41, 5.74) is -0.221. The molecule has 1 rings (SSSR count). The standard InChI is InChI=1S/C12H16ClN3O5S/c1-4-14-12(17)8(3)15-22(20,21)11-6-9(13)10(16(18)19)5-7(11)2/h5-6,8,15H,4H2,1-3H3,(H,14,17). The monoisotopic (exact) mass is 349 g/mol. The number of nitrogens with one attached hydrogen (secondary N) is 2. The van der Waals surface area contributed by atoms with E-state index >= 15 is 0 Å². The van der Waals surface area contributed by atoms with E-state index in [9.17, 15) is 23.3 Å².